The van der Waals surface area contributed by atoms with E-state index in [4.69, 9.17) is 27.9 Å². The molecule has 1 aromatic rings. The van der Waals surface area contributed by atoms with Gasteiger partial charge in [0, 0.05) is 5.56 Å². The van der Waals surface area contributed by atoms with Gasteiger partial charge in [0.1, 0.15) is 5.75 Å². The van der Waals surface area contributed by atoms with Gasteiger partial charge in [0.2, 0.25) is 0 Å². The largest absolute Gasteiger partial charge is 0.496 e. The first-order valence-corrected chi connectivity index (χ1v) is 5.06. The van der Waals surface area contributed by atoms with Gasteiger partial charge in [-0.15, -0.1) is 0 Å². The third-order valence-electron chi connectivity index (χ3n) is 1.86. The Morgan fingerprint density at radius 3 is 2.25 bits per heavy atom. The maximum Gasteiger partial charge on any atom is 0.257 e. The van der Waals surface area contributed by atoms with Crippen molar-refractivity contribution in [1.29, 1.82) is 0 Å². The highest BCUT2D eigenvalue weighted by Crippen LogP contribution is 2.21. The molecule has 1 rings (SSSR count). The van der Waals surface area contributed by atoms with E-state index in [0.717, 1.165) is 0 Å². The van der Waals surface area contributed by atoms with Crippen LogP contribution in [0.2, 0.25) is 0 Å². The molecule has 16 heavy (non-hydrogen) atoms. The van der Waals surface area contributed by atoms with Crippen LogP contribution in [0, 0.1) is 0 Å². The molecule has 0 saturated heterocycles. The molecule has 0 amide bonds. The number of rotatable bonds is 4. The van der Waals surface area contributed by atoms with Gasteiger partial charge in [-0.1, -0.05) is 18.2 Å². The number of benzene rings is 1. The fourth-order valence-corrected chi connectivity index (χ4v) is 1.46. The number of carbonyl (C=O) groups is 2. The first kappa shape index (κ1) is 12.7. The lowest BCUT2D eigenvalue weighted by Gasteiger charge is -2.04. The molecule has 0 N–H and O–H groups in total. The van der Waals surface area contributed by atoms with Crippen molar-refractivity contribution in [3.63, 3.8) is 0 Å². The van der Waals surface area contributed by atoms with Gasteiger partial charge in [-0.05, 0) is 35.3 Å². The Hall–Kier alpha value is -1.32. The third-order valence-corrected chi connectivity index (χ3v) is 2.27. The van der Waals surface area contributed by atoms with Gasteiger partial charge in [0.05, 0.1) is 12.7 Å². The molecule has 0 aromatic heterocycles. The Kier molecular flexibility index (Phi) is 4.52. The van der Waals surface area contributed by atoms with Gasteiger partial charge >= 0.3 is 0 Å². The van der Waals surface area contributed by atoms with Crippen LogP contribution in [0.4, 0.5) is 0 Å². The van der Waals surface area contributed by atoms with E-state index in [-0.39, 0.29) is 5.57 Å². The summed E-state index contributed by atoms with van der Waals surface area (Å²) in [5, 5.41) is -1.79. The van der Waals surface area contributed by atoms with Crippen LogP contribution in [-0.2, 0) is 9.59 Å². The van der Waals surface area contributed by atoms with Crippen molar-refractivity contribution in [2.75, 3.05) is 7.11 Å². The van der Waals surface area contributed by atoms with Crippen molar-refractivity contribution >= 4 is 39.8 Å². The molecule has 0 atom stereocenters. The summed E-state index contributed by atoms with van der Waals surface area (Å²) in [6.45, 7) is 0. The van der Waals surface area contributed by atoms with Crippen LogP contribution < -0.4 is 4.74 Å². The quantitative estimate of drug-likeness (QED) is 0.361. The molecule has 0 fully saturated rings. The normalized spacial score (nSPS) is 9.44. The zero-order chi connectivity index (χ0) is 12.1. The summed E-state index contributed by atoms with van der Waals surface area (Å²) < 4.78 is 5.05. The average molecular weight is 259 g/mol. The minimum absolute atomic E-state index is 0.284. The Morgan fingerprint density at radius 1 is 1.19 bits per heavy atom. The zero-order valence-electron chi connectivity index (χ0n) is 8.37. The van der Waals surface area contributed by atoms with Crippen molar-refractivity contribution in [3.8, 4) is 5.75 Å². The van der Waals surface area contributed by atoms with Crippen LogP contribution in [0.15, 0.2) is 29.8 Å². The summed E-state index contributed by atoms with van der Waals surface area (Å²) in [5.41, 5.74) is 0.274. The lowest BCUT2D eigenvalue weighted by atomic mass is 10.1. The zero-order valence-corrected chi connectivity index (χ0v) is 9.88. The van der Waals surface area contributed by atoms with Crippen molar-refractivity contribution in [1.82, 2.24) is 0 Å². The van der Waals surface area contributed by atoms with Crippen LogP contribution in [0.3, 0.4) is 0 Å². The molecule has 0 unspecified atom stereocenters. The minimum atomic E-state index is -0.897. The van der Waals surface area contributed by atoms with Gasteiger partial charge in [-0.3, -0.25) is 9.59 Å². The highest BCUT2D eigenvalue weighted by atomic mass is 35.5. The molecule has 0 heterocycles. The first-order chi connectivity index (χ1) is 7.56. The van der Waals surface area contributed by atoms with E-state index in [9.17, 15) is 9.59 Å². The molecule has 0 radical (unpaired) electrons. The second-order valence-corrected chi connectivity index (χ2v) is 3.53. The number of ether oxygens (including phenoxy) is 1. The first-order valence-electron chi connectivity index (χ1n) is 4.30. The highest BCUT2D eigenvalue weighted by Gasteiger charge is 2.14. The molecule has 3 nitrogen and oxygen atoms in total. The van der Waals surface area contributed by atoms with Crippen molar-refractivity contribution in [2.45, 2.75) is 0 Å². The molecule has 0 spiro atoms. The summed E-state index contributed by atoms with van der Waals surface area (Å²) in [6.07, 6.45) is 1.30. The van der Waals surface area contributed by atoms with Crippen molar-refractivity contribution in [3.05, 3.63) is 35.4 Å². The number of para-hydroxylation sites is 1. The molecule has 0 aliphatic rings. The number of hydrogen-bond acceptors (Lipinski definition) is 3. The molecule has 0 bridgehead atoms. The maximum atomic E-state index is 10.9. The standard InChI is InChI=1S/C11H8Cl2O3/c1-16-9-5-3-2-4-7(9)6-8(10(12)14)11(13)15/h2-6H,1H3. The third kappa shape index (κ3) is 3.08. The van der Waals surface area contributed by atoms with Gasteiger partial charge in [-0.2, -0.15) is 0 Å². The predicted octanol–water partition coefficient (Wildman–Crippen LogP) is 2.61. The van der Waals surface area contributed by atoms with Gasteiger partial charge in [0.15, 0.2) is 0 Å². The van der Waals surface area contributed by atoms with E-state index in [1.54, 1.807) is 24.3 Å². The maximum absolute atomic E-state index is 10.9. The highest BCUT2D eigenvalue weighted by molar-refractivity contribution is 6.80. The van der Waals surface area contributed by atoms with E-state index < -0.39 is 10.5 Å². The number of halogens is 2. The van der Waals surface area contributed by atoms with Crippen LogP contribution in [-0.4, -0.2) is 17.6 Å². The smallest absolute Gasteiger partial charge is 0.257 e. The summed E-state index contributed by atoms with van der Waals surface area (Å²) in [6, 6.07) is 6.88. The average Bonchev–Trinajstić information content (AvgIpc) is 2.25. The van der Waals surface area contributed by atoms with Gasteiger partial charge in [-0.25, -0.2) is 0 Å². The number of methoxy groups -OCH3 is 1. The Bertz CT molecular complexity index is 436. The summed E-state index contributed by atoms with van der Waals surface area (Å²) >= 11 is 10.5. The second kappa shape index (κ2) is 5.68. The molecule has 1 aromatic carbocycles. The number of hydrogen-bond donors (Lipinski definition) is 0. The van der Waals surface area contributed by atoms with E-state index in [2.05, 4.69) is 0 Å². The summed E-state index contributed by atoms with van der Waals surface area (Å²) in [4.78, 5) is 21.9. The Labute approximate surface area is 103 Å². The molecule has 84 valence electrons. The van der Waals surface area contributed by atoms with Crippen molar-refractivity contribution < 1.29 is 14.3 Å². The lowest BCUT2D eigenvalue weighted by molar-refractivity contribution is -0.113. The van der Waals surface area contributed by atoms with Gasteiger partial charge < -0.3 is 4.74 Å². The molecule has 0 saturated carbocycles. The van der Waals surface area contributed by atoms with Crippen molar-refractivity contribution in [2.24, 2.45) is 0 Å². The SMILES string of the molecule is COc1ccccc1C=C(C(=O)Cl)C(=O)Cl. The molecular formula is C11H8Cl2O3. The monoisotopic (exact) mass is 258 g/mol. The topological polar surface area (TPSA) is 43.4 Å². The number of carbonyl (C=O) groups excluding carboxylic acids is 2. The molecule has 0 aliphatic heterocycles. The lowest BCUT2D eigenvalue weighted by Crippen LogP contribution is -2.01. The molecular weight excluding hydrogens is 251 g/mol. The fourth-order valence-electron chi connectivity index (χ4n) is 1.13. The van der Waals surface area contributed by atoms with Crippen LogP contribution >= 0.6 is 23.2 Å². The number of allylic oxidation sites excluding steroid dienone is 1. The van der Waals surface area contributed by atoms with E-state index >= 15 is 0 Å². The van der Waals surface area contributed by atoms with E-state index in [1.165, 1.54) is 13.2 Å². The predicted molar refractivity (Wildman–Crippen MR) is 62.7 cm³/mol. The fraction of sp³-hybridized carbons (Fsp3) is 0.0909. The summed E-state index contributed by atoms with van der Waals surface area (Å²) in [7, 11) is 1.48. The van der Waals surface area contributed by atoms with Crippen LogP contribution in [0.1, 0.15) is 5.56 Å². The summed E-state index contributed by atoms with van der Waals surface area (Å²) in [5.74, 6) is 0.524. The Balaban J connectivity index is 3.23. The second-order valence-electron chi connectivity index (χ2n) is 2.85. The van der Waals surface area contributed by atoms with Crippen LogP contribution in [0.25, 0.3) is 6.08 Å². The Morgan fingerprint density at radius 2 is 1.75 bits per heavy atom. The van der Waals surface area contributed by atoms with Crippen LogP contribution in [0.5, 0.6) is 5.75 Å². The molecule has 0 aliphatic carbocycles. The van der Waals surface area contributed by atoms with E-state index in [0.29, 0.717) is 11.3 Å². The molecule has 5 heteroatoms. The minimum Gasteiger partial charge on any atom is -0.496 e. The van der Waals surface area contributed by atoms with E-state index in [1.807, 2.05) is 0 Å². The van der Waals surface area contributed by atoms with Gasteiger partial charge in [0.25, 0.3) is 10.5 Å².